The van der Waals surface area contributed by atoms with Gasteiger partial charge in [0.05, 0.1) is 0 Å². The van der Waals surface area contributed by atoms with Crippen molar-refractivity contribution in [3.63, 3.8) is 0 Å². The zero-order chi connectivity index (χ0) is 11.9. The number of aliphatic hydroxyl groups is 1. The molecule has 0 bridgehead atoms. The lowest BCUT2D eigenvalue weighted by atomic mass is 9.99. The van der Waals surface area contributed by atoms with Crippen LogP contribution in [-0.4, -0.2) is 5.11 Å². The fraction of sp³-hybridized carbons (Fsp3) is 0.385. The molecule has 86 valence electrons. The van der Waals surface area contributed by atoms with Gasteiger partial charge in [0.2, 0.25) is 0 Å². The molecule has 0 saturated heterocycles. The number of furan rings is 1. The van der Waals surface area contributed by atoms with Crippen LogP contribution in [0.2, 0.25) is 0 Å². The Kier molecular flexibility index (Phi) is 2.91. The van der Waals surface area contributed by atoms with Gasteiger partial charge in [-0.3, -0.25) is 0 Å². The molecule has 1 unspecified atom stereocenters. The molecule has 1 N–H and O–H groups in total. The van der Waals surface area contributed by atoms with Gasteiger partial charge in [0.1, 0.15) is 17.6 Å². The van der Waals surface area contributed by atoms with Crippen molar-refractivity contribution in [1.29, 1.82) is 0 Å². The number of rotatable bonds is 2. The quantitative estimate of drug-likeness (QED) is 0.863. The first-order valence-electron chi connectivity index (χ1n) is 5.31. The first-order chi connectivity index (χ1) is 7.52. The third-order valence-electron chi connectivity index (χ3n) is 3.08. The van der Waals surface area contributed by atoms with E-state index >= 15 is 0 Å². The molecule has 3 heteroatoms. The predicted molar refractivity (Wildman–Crippen MR) is 66.0 cm³/mol. The van der Waals surface area contributed by atoms with Gasteiger partial charge in [-0.15, -0.1) is 11.3 Å². The second-order valence-electron chi connectivity index (χ2n) is 4.09. The van der Waals surface area contributed by atoms with E-state index in [0.717, 1.165) is 33.1 Å². The molecule has 0 aliphatic heterocycles. The zero-order valence-corrected chi connectivity index (χ0v) is 10.8. The van der Waals surface area contributed by atoms with Crippen LogP contribution >= 0.6 is 11.3 Å². The molecule has 1 atom stereocenters. The van der Waals surface area contributed by atoms with Crippen LogP contribution in [0.3, 0.4) is 0 Å². The molecule has 16 heavy (non-hydrogen) atoms. The van der Waals surface area contributed by atoms with Gasteiger partial charge in [0.25, 0.3) is 0 Å². The molecule has 2 rings (SSSR count). The Labute approximate surface area is 99.5 Å². The van der Waals surface area contributed by atoms with Crippen LogP contribution in [0.1, 0.15) is 39.2 Å². The first-order valence-corrected chi connectivity index (χ1v) is 6.19. The minimum Gasteiger partial charge on any atom is -0.466 e. The van der Waals surface area contributed by atoms with Crippen LogP contribution in [0, 0.1) is 27.7 Å². The molecular formula is C13H16O2S. The standard InChI is InChI=1S/C13H16O2S/c1-7-8(2)15-9(3)12(7)13(14)11-5-6-16-10(11)4/h5-6,13-14H,1-4H3. The van der Waals surface area contributed by atoms with E-state index in [1.54, 1.807) is 11.3 Å². The van der Waals surface area contributed by atoms with Crippen LogP contribution in [0.4, 0.5) is 0 Å². The van der Waals surface area contributed by atoms with Gasteiger partial charge in [-0.1, -0.05) is 0 Å². The Bertz CT molecular complexity index is 508. The number of aryl methyl sites for hydroxylation is 3. The Balaban J connectivity index is 2.49. The molecule has 0 aliphatic rings. The average molecular weight is 236 g/mol. The van der Waals surface area contributed by atoms with Crippen LogP contribution in [0.5, 0.6) is 0 Å². The minimum atomic E-state index is -0.566. The molecule has 0 spiro atoms. The van der Waals surface area contributed by atoms with Gasteiger partial charge in [0, 0.05) is 10.4 Å². The summed E-state index contributed by atoms with van der Waals surface area (Å²) in [5, 5.41) is 12.4. The lowest BCUT2D eigenvalue weighted by Crippen LogP contribution is -2.02. The predicted octanol–water partition coefficient (Wildman–Crippen LogP) is 3.66. The zero-order valence-electron chi connectivity index (χ0n) is 10.00. The third kappa shape index (κ3) is 1.70. The Morgan fingerprint density at radius 1 is 1.19 bits per heavy atom. The topological polar surface area (TPSA) is 33.4 Å². The number of hydrogen-bond acceptors (Lipinski definition) is 3. The molecule has 0 amide bonds. The summed E-state index contributed by atoms with van der Waals surface area (Å²) in [6.45, 7) is 7.85. The van der Waals surface area contributed by atoms with E-state index in [9.17, 15) is 5.11 Å². The molecule has 0 saturated carbocycles. The monoisotopic (exact) mass is 236 g/mol. The number of hydrogen-bond donors (Lipinski definition) is 1. The van der Waals surface area contributed by atoms with Crippen molar-refractivity contribution in [2.24, 2.45) is 0 Å². The fourth-order valence-corrected chi connectivity index (χ4v) is 2.78. The second-order valence-corrected chi connectivity index (χ2v) is 5.21. The van der Waals surface area contributed by atoms with Crippen LogP contribution in [0.15, 0.2) is 15.9 Å². The van der Waals surface area contributed by atoms with E-state index in [0.29, 0.717) is 0 Å². The van der Waals surface area contributed by atoms with E-state index in [1.807, 2.05) is 39.1 Å². The summed E-state index contributed by atoms with van der Waals surface area (Å²) in [5.74, 6) is 1.70. The Morgan fingerprint density at radius 3 is 2.31 bits per heavy atom. The fourth-order valence-electron chi connectivity index (χ4n) is 2.05. The molecule has 0 radical (unpaired) electrons. The Morgan fingerprint density at radius 2 is 1.88 bits per heavy atom. The molecule has 2 aromatic heterocycles. The summed E-state index contributed by atoms with van der Waals surface area (Å²) in [6.07, 6.45) is -0.566. The molecular weight excluding hydrogens is 220 g/mol. The van der Waals surface area contributed by atoms with E-state index < -0.39 is 6.10 Å². The Hall–Kier alpha value is -1.06. The van der Waals surface area contributed by atoms with Gasteiger partial charge in [-0.2, -0.15) is 0 Å². The number of thiophene rings is 1. The highest BCUT2D eigenvalue weighted by Gasteiger charge is 2.22. The smallest absolute Gasteiger partial charge is 0.109 e. The summed E-state index contributed by atoms with van der Waals surface area (Å²) >= 11 is 1.66. The third-order valence-corrected chi connectivity index (χ3v) is 3.95. The summed E-state index contributed by atoms with van der Waals surface area (Å²) < 4.78 is 5.55. The highest BCUT2D eigenvalue weighted by molar-refractivity contribution is 7.10. The average Bonchev–Trinajstić information content (AvgIpc) is 2.73. The van der Waals surface area contributed by atoms with E-state index in [4.69, 9.17) is 4.42 Å². The van der Waals surface area contributed by atoms with Gasteiger partial charge in [-0.25, -0.2) is 0 Å². The van der Waals surface area contributed by atoms with Crippen molar-refractivity contribution in [2.75, 3.05) is 0 Å². The van der Waals surface area contributed by atoms with Gasteiger partial charge in [-0.05, 0) is 50.3 Å². The van der Waals surface area contributed by atoms with E-state index in [2.05, 4.69) is 0 Å². The minimum absolute atomic E-state index is 0.566. The molecule has 0 aliphatic carbocycles. The first kappa shape index (κ1) is 11.4. The normalized spacial score (nSPS) is 13.1. The van der Waals surface area contributed by atoms with E-state index in [-0.39, 0.29) is 0 Å². The summed E-state index contributed by atoms with van der Waals surface area (Å²) in [6, 6.07) is 1.98. The summed E-state index contributed by atoms with van der Waals surface area (Å²) in [5.41, 5.74) is 2.95. The lowest BCUT2D eigenvalue weighted by Gasteiger charge is -2.11. The van der Waals surface area contributed by atoms with Crippen molar-refractivity contribution in [1.82, 2.24) is 0 Å². The maximum Gasteiger partial charge on any atom is 0.109 e. The molecule has 0 fully saturated rings. The van der Waals surface area contributed by atoms with Crippen molar-refractivity contribution in [2.45, 2.75) is 33.8 Å². The highest BCUT2D eigenvalue weighted by Crippen LogP contribution is 2.34. The van der Waals surface area contributed by atoms with E-state index in [1.165, 1.54) is 0 Å². The molecule has 2 aromatic rings. The lowest BCUT2D eigenvalue weighted by molar-refractivity contribution is 0.217. The molecule has 0 aromatic carbocycles. The second kappa shape index (κ2) is 4.07. The highest BCUT2D eigenvalue weighted by atomic mass is 32.1. The maximum absolute atomic E-state index is 10.4. The van der Waals surface area contributed by atoms with Gasteiger partial charge in [0.15, 0.2) is 0 Å². The van der Waals surface area contributed by atoms with Gasteiger partial charge < -0.3 is 9.52 Å². The van der Waals surface area contributed by atoms with Crippen LogP contribution in [0.25, 0.3) is 0 Å². The molecule has 2 nitrogen and oxygen atoms in total. The summed E-state index contributed by atoms with van der Waals surface area (Å²) in [7, 11) is 0. The number of aliphatic hydroxyl groups excluding tert-OH is 1. The SMILES string of the molecule is Cc1oc(C)c(C(O)c2ccsc2C)c1C. The van der Waals surface area contributed by atoms with Crippen molar-refractivity contribution < 1.29 is 9.52 Å². The maximum atomic E-state index is 10.4. The van der Waals surface area contributed by atoms with Crippen molar-refractivity contribution >= 4 is 11.3 Å². The molecule has 2 heterocycles. The largest absolute Gasteiger partial charge is 0.466 e. The van der Waals surface area contributed by atoms with Crippen molar-refractivity contribution in [3.8, 4) is 0 Å². The van der Waals surface area contributed by atoms with Gasteiger partial charge >= 0.3 is 0 Å². The van der Waals surface area contributed by atoms with Crippen LogP contribution < -0.4 is 0 Å². The summed E-state index contributed by atoms with van der Waals surface area (Å²) in [4.78, 5) is 1.16. The van der Waals surface area contributed by atoms with Crippen LogP contribution in [-0.2, 0) is 0 Å². The van der Waals surface area contributed by atoms with Crippen molar-refractivity contribution in [3.05, 3.63) is 44.5 Å².